The molecule has 29 heavy (non-hydrogen) atoms. The van der Waals surface area contributed by atoms with Crippen LogP contribution in [0.1, 0.15) is 18.1 Å². The van der Waals surface area contributed by atoms with Crippen molar-refractivity contribution in [1.29, 1.82) is 0 Å². The molecule has 7 nitrogen and oxygen atoms in total. The van der Waals surface area contributed by atoms with Gasteiger partial charge < -0.3 is 9.64 Å². The van der Waals surface area contributed by atoms with E-state index >= 15 is 0 Å². The van der Waals surface area contributed by atoms with Gasteiger partial charge in [0.25, 0.3) is 5.69 Å². The van der Waals surface area contributed by atoms with Crippen LogP contribution in [0.15, 0.2) is 54.6 Å². The Kier molecular flexibility index (Phi) is 5.04. The molecule has 2 aliphatic heterocycles. The number of nitro benzene ring substituents is 1. The van der Waals surface area contributed by atoms with E-state index in [-0.39, 0.29) is 35.5 Å². The van der Waals surface area contributed by atoms with E-state index in [2.05, 4.69) is 0 Å². The maximum atomic E-state index is 12.7. The summed E-state index contributed by atoms with van der Waals surface area (Å²) >= 11 is 1.48. The van der Waals surface area contributed by atoms with Crippen LogP contribution in [0.5, 0.6) is 0 Å². The molecular weight excluding hydrogens is 392 g/mol. The average molecular weight is 412 g/mol. The van der Waals surface area contributed by atoms with E-state index in [0.29, 0.717) is 18.5 Å². The number of benzene rings is 2. The predicted molar refractivity (Wildman–Crippen MR) is 108 cm³/mol. The number of hydrogen-bond donors (Lipinski definition) is 0. The van der Waals surface area contributed by atoms with Crippen LogP contribution in [0.4, 0.5) is 5.69 Å². The van der Waals surface area contributed by atoms with Gasteiger partial charge >= 0.3 is 5.97 Å². The molecule has 1 amide bonds. The van der Waals surface area contributed by atoms with Crippen molar-refractivity contribution in [1.82, 2.24) is 4.90 Å². The van der Waals surface area contributed by atoms with Crippen LogP contribution in [0.2, 0.25) is 0 Å². The topological polar surface area (TPSA) is 89.8 Å². The summed E-state index contributed by atoms with van der Waals surface area (Å²) in [6.07, 6.45) is 0.668. The van der Waals surface area contributed by atoms with Crippen LogP contribution in [-0.2, 0) is 27.4 Å². The number of rotatable bonds is 6. The molecule has 0 N–H and O–H groups in total. The highest BCUT2D eigenvalue weighted by atomic mass is 32.2. The number of hydrogen-bond acceptors (Lipinski definition) is 6. The number of non-ortho nitro benzene ring substituents is 1. The second kappa shape index (κ2) is 7.51. The van der Waals surface area contributed by atoms with Gasteiger partial charge in [0, 0.05) is 18.7 Å². The summed E-state index contributed by atoms with van der Waals surface area (Å²) in [5, 5.41) is 10.7. The summed E-state index contributed by atoms with van der Waals surface area (Å²) in [6, 6.07) is 15.8. The first kappa shape index (κ1) is 19.4. The Balaban J connectivity index is 1.36. The molecule has 0 aliphatic carbocycles. The molecule has 0 bridgehead atoms. The largest absolute Gasteiger partial charge is 0.460 e. The quantitative estimate of drug-likeness (QED) is 0.313. The second-order valence-corrected chi connectivity index (χ2v) is 9.12. The van der Waals surface area contributed by atoms with Crippen LogP contribution >= 0.6 is 11.8 Å². The van der Waals surface area contributed by atoms with Crippen molar-refractivity contribution >= 4 is 29.3 Å². The third-order valence-corrected chi connectivity index (χ3v) is 6.99. The van der Waals surface area contributed by atoms with Gasteiger partial charge in [-0.1, -0.05) is 30.3 Å². The molecule has 8 heteroatoms. The van der Waals surface area contributed by atoms with Crippen molar-refractivity contribution in [3.05, 3.63) is 75.8 Å². The first-order valence-electron chi connectivity index (χ1n) is 9.30. The summed E-state index contributed by atoms with van der Waals surface area (Å²) in [5.41, 5.74) is 1.78. The van der Waals surface area contributed by atoms with Crippen molar-refractivity contribution < 1.29 is 19.2 Å². The van der Waals surface area contributed by atoms with E-state index < -0.39 is 9.67 Å². The highest BCUT2D eigenvalue weighted by Gasteiger charge is 2.59. The summed E-state index contributed by atoms with van der Waals surface area (Å²) < 4.78 is 4.65. The zero-order valence-electron chi connectivity index (χ0n) is 15.8. The van der Waals surface area contributed by atoms with Crippen molar-refractivity contribution in [2.75, 3.05) is 6.54 Å². The minimum atomic E-state index is -0.813. The monoisotopic (exact) mass is 412 g/mol. The summed E-state index contributed by atoms with van der Waals surface area (Å²) in [4.78, 5) is 37.2. The Labute approximate surface area is 172 Å². The fourth-order valence-electron chi connectivity index (χ4n) is 3.72. The van der Waals surface area contributed by atoms with Crippen LogP contribution in [0, 0.1) is 16.0 Å². The van der Waals surface area contributed by atoms with E-state index in [1.807, 2.05) is 30.3 Å². The molecular formula is C21H20N2O5S. The van der Waals surface area contributed by atoms with Crippen LogP contribution in [-0.4, -0.2) is 38.4 Å². The van der Waals surface area contributed by atoms with Crippen molar-refractivity contribution in [3.8, 4) is 0 Å². The fraction of sp³-hybridized carbons (Fsp3) is 0.333. The average Bonchev–Trinajstić information content (AvgIpc) is 3.06. The predicted octanol–water partition coefficient (Wildman–Crippen LogP) is 3.17. The standard InChI is InChI=1S/C21H20N2O5S/c1-21(20(25)28-12-15-7-9-16(10-8-15)23(26)27)13-22-18(24)17(19(22)29-21)11-14-5-3-2-4-6-14/h2-10,17,19H,11-13H2,1H3/t17?,19-,21?/m1/s1. The molecule has 4 rings (SSSR count). The Hall–Kier alpha value is -2.87. The Morgan fingerprint density at radius 3 is 2.55 bits per heavy atom. The number of carbonyl (C=O) groups excluding carboxylic acids is 2. The number of amides is 1. The third-order valence-electron chi connectivity index (χ3n) is 5.35. The Morgan fingerprint density at radius 1 is 1.21 bits per heavy atom. The maximum absolute atomic E-state index is 12.7. The molecule has 0 spiro atoms. The molecule has 0 aromatic heterocycles. The number of fused-ring (bicyclic) bond motifs is 1. The fourth-order valence-corrected chi connectivity index (χ4v) is 5.31. The molecule has 2 saturated heterocycles. The van der Waals surface area contributed by atoms with Gasteiger partial charge in [0.05, 0.1) is 16.2 Å². The van der Waals surface area contributed by atoms with Crippen LogP contribution in [0.3, 0.4) is 0 Å². The lowest BCUT2D eigenvalue weighted by molar-refractivity contribution is -0.384. The van der Waals surface area contributed by atoms with E-state index in [1.165, 1.54) is 23.9 Å². The van der Waals surface area contributed by atoms with E-state index in [0.717, 1.165) is 5.56 Å². The molecule has 3 atom stereocenters. The number of nitrogens with zero attached hydrogens (tertiary/aromatic N) is 2. The minimum absolute atomic E-state index is 0.00858. The molecule has 150 valence electrons. The van der Waals surface area contributed by atoms with Gasteiger partial charge in [-0.05, 0) is 36.6 Å². The molecule has 0 radical (unpaired) electrons. The lowest BCUT2D eigenvalue weighted by Crippen LogP contribution is -2.57. The van der Waals surface area contributed by atoms with Crippen LogP contribution in [0.25, 0.3) is 0 Å². The maximum Gasteiger partial charge on any atom is 0.324 e. The number of thioether (sulfide) groups is 1. The number of β-lactam (4-membered cyclic amide) rings is 1. The van der Waals surface area contributed by atoms with Gasteiger partial charge in [-0.15, -0.1) is 11.8 Å². The summed E-state index contributed by atoms with van der Waals surface area (Å²) in [6.45, 7) is 2.19. The van der Waals surface area contributed by atoms with Gasteiger partial charge in [0.15, 0.2) is 0 Å². The molecule has 0 saturated carbocycles. The van der Waals surface area contributed by atoms with Gasteiger partial charge in [-0.3, -0.25) is 19.7 Å². The zero-order chi connectivity index (χ0) is 20.6. The number of ether oxygens (including phenoxy) is 1. The smallest absolute Gasteiger partial charge is 0.324 e. The number of nitro groups is 1. The van der Waals surface area contributed by atoms with Crippen molar-refractivity contribution in [2.45, 2.75) is 30.1 Å². The highest BCUT2D eigenvalue weighted by Crippen LogP contribution is 2.50. The zero-order valence-corrected chi connectivity index (χ0v) is 16.6. The SMILES string of the molecule is CC1(C(=O)OCc2ccc([N+](=O)[O-])cc2)CN2C(=O)C(Cc3ccccc3)[C@H]2S1. The minimum Gasteiger partial charge on any atom is -0.460 e. The Bertz CT molecular complexity index is 949. The van der Waals surface area contributed by atoms with Gasteiger partial charge in [0.1, 0.15) is 11.4 Å². The van der Waals surface area contributed by atoms with Gasteiger partial charge in [0.2, 0.25) is 5.91 Å². The van der Waals surface area contributed by atoms with Crippen LogP contribution < -0.4 is 0 Å². The molecule has 2 heterocycles. The van der Waals surface area contributed by atoms with Gasteiger partial charge in [-0.2, -0.15) is 0 Å². The number of esters is 1. The van der Waals surface area contributed by atoms with Crippen molar-refractivity contribution in [3.63, 3.8) is 0 Å². The third kappa shape index (κ3) is 3.72. The van der Waals surface area contributed by atoms with E-state index in [9.17, 15) is 19.7 Å². The summed E-state index contributed by atoms with van der Waals surface area (Å²) in [7, 11) is 0. The molecule has 2 aromatic rings. The Morgan fingerprint density at radius 2 is 1.90 bits per heavy atom. The van der Waals surface area contributed by atoms with Crippen molar-refractivity contribution in [2.24, 2.45) is 5.92 Å². The number of carbonyl (C=O) groups is 2. The normalized spacial score (nSPS) is 25.3. The molecule has 2 aromatic carbocycles. The lowest BCUT2D eigenvalue weighted by atomic mass is 9.90. The van der Waals surface area contributed by atoms with E-state index in [4.69, 9.17) is 4.74 Å². The molecule has 2 aliphatic rings. The highest BCUT2D eigenvalue weighted by molar-refractivity contribution is 8.02. The first-order valence-corrected chi connectivity index (χ1v) is 10.2. The molecule has 2 fully saturated rings. The summed E-state index contributed by atoms with van der Waals surface area (Å²) in [5.74, 6) is -0.411. The second-order valence-electron chi connectivity index (χ2n) is 7.50. The lowest BCUT2D eigenvalue weighted by Gasteiger charge is -2.41. The molecule has 2 unspecified atom stereocenters. The van der Waals surface area contributed by atoms with Gasteiger partial charge in [-0.25, -0.2) is 0 Å². The first-order chi connectivity index (χ1) is 13.9. The van der Waals surface area contributed by atoms with E-state index in [1.54, 1.807) is 24.0 Å².